The molecule has 0 spiro atoms. The number of rotatable bonds is 7. The van der Waals surface area contributed by atoms with Gasteiger partial charge in [-0.05, 0) is 73.5 Å². The van der Waals surface area contributed by atoms with Crippen LogP contribution in [0.3, 0.4) is 0 Å². The van der Waals surface area contributed by atoms with Crippen molar-refractivity contribution in [3.05, 3.63) is 106 Å². The summed E-state index contributed by atoms with van der Waals surface area (Å²) in [6, 6.07) is 21.5. The van der Waals surface area contributed by atoms with Gasteiger partial charge >= 0.3 is 0 Å². The number of ether oxygens (including phenoxy) is 2. The van der Waals surface area contributed by atoms with E-state index in [1.165, 1.54) is 0 Å². The molecule has 1 fully saturated rings. The molecular weight excluding hydrogens is 549 g/mol. The van der Waals surface area contributed by atoms with Crippen LogP contribution in [0.5, 0.6) is 11.5 Å². The van der Waals surface area contributed by atoms with Crippen molar-refractivity contribution >= 4 is 40.7 Å². The number of aromatic nitrogens is 1. The molecule has 0 N–H and O–H groups in total. The van der Waals surface area contributed by atoms with Crippen molar-refractivity contribution in [2.75, 3.05) is 25.7 Å². The zero-order valence-corrected chi connectivity index (χ0v) is 23.5. The van der Waals surface area contributed by atoms with Crippen LogP contribution in [0, 0.1) is 0 Å². The number of hydrogen-bond donors (Lipinski definition) is 0. The Morgan fingerprint density at radius 3 is 2.40 bits per heavy atom. The van der Waals surface area contributed by atoms with E-state index in [0.717, 1.165) is 35.5 Å². The molecule has 40 heavy (non-hydrogen) atoms. The van der Waals surface area contributed by atoms with E-state index in [0.29, 0.717) is 22.1 Å². The second kappa shape index (κ2) is 10.6. The smallest absolute Gasteiger partial charge is 0.256 e. The Bertz CT molecular complexity index is 1610. The lowest BCUT2D eigenvalue weighted by atomic mass is 9.96. The summed E-state index contributed by atoms with van der Waals surface area (Å²) in [4.78, 5) is 31.6. The molecule has 1 aliphatic heterocycles. The summed E-state index contributed by atoms with van der Waals surface area (Å²) in [5.41, 5.74) is 3.60. The molecular formula is C31H27Cl2N3O4. The Morgan fingerprint density at radius 1 is 0.925 bits per heavy atom. The average molecular weight is 576 g/mol. The first-order valence-corrected chi connectivity index (χ1v) is 13.7. The number of para-hydroxylation sites is 2. The quantitative estimate of drug-likeness (QED) is 0.251. The molecule has 9 heteroatoms. The fraction of sp³-hybridized carbons (Fsp3) is 0.226. The van der Waals surface area contributed by atoms with Crippen LogP contribution in [0.1, 0.15) is 40.5 Å². The van der Waals surface area contributed by atoms with Gasteiger partial charge in [-0.1, -0.05) is 35.3 Å². The number of methoxy groups -OCH3 is 2. The number of hydrogen-bond acceptors (Lipinski definition) is 4. The highest BCUT2D eigenvalue weighted by atomic mass is 35.5. The number of fused-ring (bicyclic) bond motifs is 3. The monoisotopic (exact) mass is 575 g/mol. The number of nitrogens with zero attached hydrogens (tertiary/aromatic N) is 3. The van der Waals surface area contributed by atoms with Gasteiger partial charge in [0.2, 0.25) is 5.91 Å². The van der Waals surface area contributed by atoms with Crippen LogP contribution in [-0.2, 0) is 4.79 Å². The molecule has 2 heterocycles. The fourth-order valence-electron chi connectivity index (χ4n) is 5.40. The molecule has 4 aromatic rings. The van der Waals surface area contributed by atoms with Gasteiger partial charge in [0.25, 0.3) is 5.91 Å². The first-order chi connectivity index (χ1) is 19.4. The molecule has 1 saturated carbocycles. The lowest BCUT2D eigenvalue weighted by Crippen LogP contribution is -2.47. The van der Waals surface area contributed by atoms with Gasteiger partial charge in [0, 0.05) is 22.8 Å². The van der Waals surface area contributed by atoms with Crippen LogP contribution in [-0.4, -0.2) is 48.1 Å². The highest BCUT2D eigenvalue weighted by molar-refractivity contribution is 6.36. The highest BCUT2D eigenvalue weighted by Gasteiger charge is 2.41. The third-order valence-electron chi connectivity index (χ3n) is 7.44. The maximum Gasteiger partial charge on any atom is 0.256 e. The molecule has 1 aliphatic carbocycles. The fourth-order valence-corrected chi connectivity index (χ4v) is 5.89. The highest BCUT2D eigenvalue weighted by Crippen LogP contribution is 2.46. The van der Waals surface area contributed by atoms with Crippen LogP contribution >= 0.6 is 23.2 Å². The molecule has 6 rings (SSSR count). The Kier molecular flexibility index (Phi) is 6.94. The normalized spacial score (nSPS) is 15.7. The van der Waals surface area contributed by atoms with Gasteiger partial charge in [-0.25, -0.2) is 0 Å². The minimum atomic E-state index is -0.530. The maximum absolute atomic E-state index is 14.4. The number of amides is 2. The van der Waals surface area contributed by atoms with E-state index in [1.807, 2.05) is 60.8 Å². The third kappa shape index (κ3) is 4.59. The van der Waals surface area contributed by atoms with Crippen molar-refractivity contribution in [3.8, 4) is 17.2 Å². The van der Waals surface area contributed by atoms with E-state index in [4.69, 9.17) is 32.7 Å². The molecule has 3 aromatic carbocycles. The van der Waals surface area contributed by atoms with Gasteiger partial charge in [-0.3, -0.25) is 14.5 Å². The van der Waals surface area contributed by atoms with E-state index in [2.05, 4.69) is 4.57 Å². The molecule has 0 unspecified atom stereocenters. The topological polar surface area (TPSA) is 64.0 Å². The molecule has 2 aliphatic rings. The predicted octanol–water partition coefficient (Wildman–Crippen LogP) is 6.54. The van der Waals surface area contributed by atoms with Gasteiger partial charge in [-0.15, -0.1) is 0 Å². The largest absolute Gasteiger partial charge is 0.497 e. The van der Waals surface area contributed by atoms with Crippen molar-refractivity contribution in [1.82, 2.24) is 9.47 Å². The summed E-state index contributed by atoms with van der Waals surface area (Å²) in [6.07, 6.45) is 3.64. The lowest BCUT2D eigenvalue weighted by Gasteiger charge is -2.40. The first-order valence-electron chi connectivity index (χ1n) is 13.0. The molecule has 1 aromatic heterocycles. The van der Waals surface area contributed by atoms with Gasteiger partial charge in [0.1, 0.15) is 24.1 Å². The van der Waals surface area contributed by atoms with Crippen molar-refractivity contribution in [1.29, 1.82) is 0 Å². The molecule has 1 atom stereocenters. The second-order valence-corrected chi connectivity index (χ2v) is 10.7. The Labute approximate surface area is 242 Å². The zero-order valence-electron chi connectivity index (χ0n) is 22.0. The average Bonchev–Trinajstić information content (AvgIpc) is 3.69. The molecule has 7 nitrogen and oxygen atoms in total. The van der Waals surface area contributed by atoms with E-state index in [1.54, 1.807) is 42.2 Å². The number of anilines is 1. The SMILES string of the molecule is COc1ccc(OC)c([C@@H]2c3cccn3-c3ccccc3N2C(=O)CN(C(=O)c2ccc(Cl)cc2Cl)C2CC2)c1. The lowest BCUT2D eigenvalue weighted by molar-refractivity contribution is -0.119. The first kappa shape index (κ1) is 26.3. The van der Waals surface area contributed by atoms with Gasteiger partial charge in [0.05, 0.1) is 41.9 Å². The summed E-state index contributed by atoms with van der Waals surface area (Å²) in [6.45, 7) is -0.111. The number of halogens is 2. The summed E-state index contributed by atoms with van der Waals surface area (Å²) in [5.74, 6) is 0.757. The minimum absolute atomic E-state index is 0.0307. The minimum Gasteiger partial charge on any atom is -0.497 e. The van der Waals surface area contributed by atoms with E-state index < -0.39 is 6.04 Å². The summed E-state index contributed by atoms with van der Waals surface area (Å²) in [5, 5.41) is 0.703. The Morgan fingerprint density at radius 2 is 1.70 bits per heavy atom. The van der Waals surface area contributed by atoms with Crippen LogP contribution in [0.4, 0.5) is 5.69 Å². The van der Waals surface area contributed by atoms with Crippen LogP contribution < -0.4 is 14.4 Å². The summed E-state index contributed by atoms with van der Waals surface area (Å²) in [7, 11) is 3.21. The van der Waals surface area contributed by atoms with Crippen LogP contribution in [0.25, 0.3) is 5.69 Å². The van der Waals surface area contributed by atoms with Gasteiger partial charge in [0.15, 0.2) is 0 Å². The molecule has 2 amide bonds. The van der Waals surface area contributed by atoms with Crippen molar-refractivity contribution in [2.24, 2.45) is 0 Å². The number of carbonyl (C=O) groups excluding carboxylic acids is 2. The maximum atomic E-state index is 14.4. The summed E-state index contributed by atoms with van der Waals surface area (Å²) < 4.78 is 13.4. The molecule has 0 radical (unpaired) electrons. The second-order valence-electron chi connectivity index (χ2n) is 9.85. The van der Waals surface area contributed by atoms with Crippen molar-refractivity contribution in [2.45, 2.75) is 24.9 Å². The number of carbonyl (C=O) groups is 2. The van der Waals surface area contributed by atoms with E-state index >= 15 is 0 Å². The Hall–Kier alpha value is -3.94. The molecule has 204 valence electrons. The number of benzene rings is 3. The molecule has 0 bridgehead atoms. The predicted molar refractivity (Wildman–Crippen MR) is 155 cm³/mol. The van der Waals surface area contributed by atoms with Crippen LogP contribution in [0.2, 0.25) is 10.0 Å². The van der Waals surface area contributed by atoms with Gasteiger partial charge < -0.3 is 18.9 Å². The standard InChI is InChI=1S/C31H27Cl2N3O4/c1-39-21-12-14-28(40-2)23(17-21)30-27-8-5-15-34(27)25-6-3-4-7-26(25)36(30)29(37)18-35(20-10-11-20)31(38)22-13-9-19(32)16-24(22)33/h3-9,12-17,20,30H,10-11,18H2,1-2H3/t30-/m1/s1. The third-order valence-corrected chi connectivity index (χ3v) is 7.98. The van der Waals surface area contributed by atoms with Gasteiger partial charge in [-0.2, -0.15) is 0 Å². The van der Waals surface area contributed by atoms with Crippen molar-refractivity contribution < 1.29 is 19.1 Å². The molecule has 0 saturated heterocycles. The van der Waals surface area contributed by atoms with E-state index in [-0.39, 0.29) is 29.4 Å². The van der Waals surface area contributed by atoms with Crippen LogP contribution in [0.15, 0.2) is 79.0 Å². The summed E-state index contributed by atoms with van der Waals surface area (Å²) >= 11 is 12.5. The zero-order chi connectivity index (χ0) is 28.0. The Balaban J connectivity index is 1.45. The van der Waals surface area contributed by atoms with Crippen molar-refractivity contribution in [3.63, 3.8) is 0 Å². The van der Waals surface area contributed by atoms with E-state index in [9.17, 15) is 9.59 Å².